The van der Waals surface area contributed by atoms with Crippen LogP contribution in [-0.4, -0.2) is 4.99 Å². The standard InChI is InChI=1S/C13H10Cl2N2S/c14-9-2-4-10(5-3-9)17-12-6-1-8(13(16)18)7-11(12)15/h1-7,17H,(H2,16,18). The summed E-state index contributed by atoms with van der Waals surface area (Å²) in [7, 11) is 0. The van der Waals surface area contributed by atoms with Gasteiger partial charge in [-0.25, -0.2) is 0 Å². The van der Waals surface area contributed by atoms with Crippen LogP contribution in [0.25, 0.3) is 0 Å². The predicted octanol–water partition coefficient (Wildman–Crippen LogP) is 4.37. The Morgan fingerprint density at radius 3 is 2.28 bits per heavy atom. The van der Waals surface area contributed by atoms with Gasteiger partial charge in [-0.1, -0.05) is 35.4 Å². The van der Waals surface area contributed by atoms with Crippen LogP contribution < -0.4 is 11.1 Å². The first-order chi connectivity index (χ1) is 8.56. The Kier molecular flexibility index (Phi) is 4.07. The van der Waals surface area contributed by atoms with Crippen LogP contribution in [0.3, 0.4) is 0 Å². The molecule has 0 atom stereocenters. The second-order valence-corrected chi connectivity index (χ2v) is 4.97. The fourth-order valence-corrected chi connectivity index (χ4v) is 1.94. The summed E-state index contributed by atoms with van der Waals surface area (Å²) in [4.78, 5) is 0.329. The van der Waals surface area contributed by atoms with E-state index in [0.717, 1.165) is 16.9 Å². The van der Waals surface area contributed by atoms with E-state index >= 15 is 0 Å². The minimum atomic E-state index is 0.329. The molecule has 2 aromatic carbocycles. The number of benzene rings is 2. The van der Waals surface area contributed by atoms with Crippen molar-refractivity contribution in [1.29, 1.82) is 0 Å². The van der Waals surface area contributed by atoms with Gasteiger partial charge < -0.3 is 11.1 Å². The fraction of sp³-hybridized carbons (Fsp3) is 0. The van der Waals surface area contributed by atoms with Gasteiger partial charge in [0.05, 0.1) is 10.7 Å². The monoisotopic (exact) mass is 296 g/mol. The van der Waals surface area contributed by atoms with Crippen molar-refractivity contribution < 1.29 is 0 Å². The smallest absolute Gasteiger partial charge is 0.104 e. The molecule has 2 rings (SSSR count). The van der Waals surface area contributed by atoms with E-state index in [4.69, 9.17) is 41.2 Å². The molecule has 0 fully saturated rings. The molecule has 0 spiro atoms. The van der Waals surface area contributed by atoms with Gasteiger partial charge in [0.2, 0.25) is 0 Å². The van der Waals surface area contributed by atoms with Crippen molar-refractivity contribution in [2.45, 2.75) is 0 Å². The summed E-state index contributed by atoms with van der Waals surface area (Å²) in [6, 6.07) is 12.8. The number of anilines is 2. The summed E-state index contributed by atoms with van der Waals surface area (Å²) in [5.74, 6) is 0. The van der Waals surface area contributed by atoms with Crippen LogP contribution >= 0.6 is 35.4 Å². The van der Waals surface area contributed by atoms with Gasteiger partial charge >= 0.3 is 0 Å². The van der Waals surface area contributed by atoms with E-state index in [1.165, 1.54) is 0 Å². The van der Waals surface area contributed by atoms with E-state index in [2.05, 4.69) is 5.32 Å². The van der Waals surface area contributed by atoms with E-state index in [1.54, 1.807) is 18.2 Å². The molecule has 18 heavy (non-hydrogen) atoms. The van der Waals surface area contributed by atoms with E-state index in [9.17, 15) is 0 Å². The summed E-state index contributed by atoms with van der Waals surface area (Å²) in [5, 5.41) is 4.45. The Labute approximate surface area is 121 Å². The second kappa shape index (κ2) is 5.57. The zero-order valence-corrected chi connectivity index (χ0v) is 11.6. The highest BCUT2D eigenvalue weighted by molar-refractivity contribution is 7.80. The van der Waals surface area contributed by atoms with E-state index in [0.29, 0.717) is 15.0 Å². The molecule has 0 radical (unpaired) electrons. The van der Waals surface area contributed by atoms with Gasteiger partial charge in [0, 0.05) is 16.3 Å². The molecular formula is C13H10Cl2N2S. The minimum Gasteiger partial charge on any atom is -0.389 e. The molecule has 0 saturated heterocycles. The van der Waals surface area contributed by atoms with Gasteiger partial charge in [-0.05, 0) is 42.5 Å². The lowest BCUT2D eigenvalue weighted by molar-refractivity contribution is 1.53. The van der Waals surface area contributed by atoms with Crippen LogP contribution in [0, 0.1) is 0 Å². The SMILES string of the molecule is NC(=S)c1ccc(Nc2ccc(Cl)cc2)c(Cl)c1. The number of nitrogens with one attached hydrogen (secondary N) is 1. The van der Waals surface area contributed by atoms with Crippen molar-refractivity contribution in [2.24, 2.45) is 5.73 Å². The van der Waals surface area contributed by atoms with E-state index in [1.807, 2.05) is 24.3 Å². The first-order valence-corrected chi connectivity index (χ1v) is 6.34. The quantitative estimate of drug-likeness (QED) is 0.826. The molecule has 2 aromatic rings. The largest absolute Gasteiger partial charge is 0.389 e. The molecule has 5 heteroatoms. The molecule has 2 nitrogen and oxygen atoms in total. The molecule has 0 aliphatic heterocycles. The summed E-state index contributed by atoms with van der Waals surface area (Å²) in [5.41, 5.74) is 7.98. The number of nitrogens with two attached hydrogens (primary N) is 1. The van der Waals surface area contributed by atoms with Crippen LogP contribution in [0.1, 0.15) is 5.56 Å². The Balaban J connectivity index is 2.24. The zero-order chi connectivity index (χ0) is 13.1. The van der Waals surface area contributed by atoms with Crippen molar-refractivity contribution in [2.75, 3.05) is 5.32 Å². The average Bonchev–Trinajstić information content (AvgIpc) is 2.34. The fourth-order valence-electron chi connectivity index (χ4n) is 1.46. The number of halogens is 2. The molecule has 0 aliphatic carbocycles. The molecule has 0 heterocycles. The van der Waals surface area contributed by atoms with Crippen molar-refractivity contribution in [3.63, 3.8) is 0 Å². The van der Waals surface area contributed by atoms with Crippen LogP contribution in [0.2, 0.25) is 10.0 Å². The molecule has 92 valence electrons. The van der Waals surface area contributed by atoms with Crippen LogP contribution in [0.15, 0.2) is 42.5 Å². The Hall–Kier alpha value is -1.29. The molecule has 0 aromatic heterocycles. The topological polar surface area (TPSA) is 38.0 Å². The van der Waals surface area contributed by atoms with Gasteiger partial charge in [0.1, 0.15) is 4.99 Å². The maximum absolute atomic E-state index is 6.15. The van der Waals surface area contributed by atoms with Gasteiger partial charge in [0.25, 0.3) is 0 Å². The third-order valence-corrected chi connectivity index (χ3v) is 3.18. The molecule has 0 unspecified atom stereocenters. The number of hydrogen-bond donors (Lipinski definition) is 2. The maximum atomic E-state index is 6.15. The highest BCUT2D eigenvalue weighted by Crippen LogP contribution is 2.27. The van der Waals surface area contributed by atoms with Gasteiger partial charge in [-0.2, -0.15) is 0 Å². The summed E-state index contributed by atoms with van der Waals surface area (Å²) in [6.07, 6.45) is 0. The molecule has 3 N–H and O–H groups in total. The highest BCUT2D eigenvalue weighted by Gasteiger charge is 2.04. The van der Waals surface area contributed by atoms with Crippen molar-refractivity contribution in [3.05, 3.63) is 58.1 Å². The van der Waals surface area contributed by atoms with Crippen LogP contribution in [-0.2, 0) is 0 Å². The first-order valence-electron chi connectivity index (χ1n) is 5.18. The maximum Gasteiger partial charge on any atom is 0.104 e. The van der Waals surface area contributed by atoms with Crippen LogP contribution in [0.5, 0.6) is 0 Å². The molecule has 0 aliphatic rings. The first kappa shape index (κ1) is 13.1. The van der Waals surface area contributed by atoms with Gasteiger partial charge in [-0.3, -0.25) is 0 Å². The molecule has 0 amide bonds. The lowest BCUT2D eigenvalue weighted by Crippen LogP contribution is -2.09. The van der Waals surface area contributed by atoms with Crippen molar-refractivity contribution >= 4 is 51.8 Å². The Morgan fingerprint density at radius 2 is 1.72 bits per heavy atom. The van der Waals surface area contributed by atoms with Crippen molar-refractivity contribution in [1.82, 2.24) is 0 Å². The van der Waals surface area contributed by atoms with Crippen molar-refractivity contribution in [3.8, 4) is 0 Å². The lowest BCUT2D eigenvalue weighted by Gasteiger charge is -2.09. The number of thiocarbonyl (C=S) groups is 1. The van der Waals surface area contributed by atoms with E-state index < -0.39 is 0 Å². The molecular weight excluding hydrogens is 287 g/mol. The number of rotatable bonds is 3. The molecule has 0 saturated carbocycles. The Morgan fingerprint density at radius 1 is 1.06 bits per heavy atom. The highest BCUT2D eigenvalue weighted by atomic mass is 35.5. The normalized spacial score (nSPS) is 10.1. The third-order valence-electron chi connectivity index (χ3n) is 2.38. The van der Waals surface area contributed by atoms with Gasteiger partial charge in [0.15, 0.2) is 0 Å². The summed E-state index contributed by atoms with van der Waals surface area (Å²) in [6.45, 7) is 0. The van der Waals surface area contributed by atoms with Crippen LogP contribution in [0.4, 0.5) is 11.4 Å². The number of hydrogen-bond acceptors (Lipinski definition) is 2. The zero-order valence-electron chi connectivity index (χ0n) is 9.28. The van der Waals surface area contributed by atoms with Gasteiger partial charge in [-0.15, -0.1) is 0 Å². The predicted molar refractivity (Wildman–Crippen MR) is 82.1 cm³/mol. The minimum absolute atomic E-state index is 0.329. The van der Waals surface area contributed by atoms with E-state index in [-0.39, 0.29) is 0 Å². The molecule has 0 bridgehead atoms. The Bertz CT molecular complexity index is 582. The third kappa shape index (κ3) is 3.13. The lowest BCUT2D eigenvalue weighted by atomic mass is 10.2. The summed E-state index contributed by atoms with van der Waals surface area (Å²) < 4.78 is 0. The second-order valence-electron chi connectivity index (χ2n) is 3.69. The summed E-state index contributed by atoms with van der Waals surface area (Å²) >= 11 is 16.9. The average molecular weight is 297 g/mol.